The summed E-state index contributed by atoms with van der Waals surface area (Å²) in [5, 5.41) is 0. The Labute approximate surface area is 92.5 Å². The van der Waals surface area contributed by atoms with Crippen LogP contribution in [0.4, 0.5) is 0 Å². The fraction of sp³-hybridized carbons (Fsp3) is 0.500. The van der Waals surface area contributed by atoms with Gasteiger partial charge in [0.25, 0.3) is 0 Å². The second-order valence-corrected chi connectivity index (χ2v) is 4.16. The molecule has 1 aromatic carbocycles. The lowest BCUT2D eigenvalue weighted by molar-refractivity contribution is 0.101. The van der Waals surface area contributed by atoms with Gasteiger partial charge in [-0.3, -0.25) is 4.79 Å². The Balaban J connectivity index is 2.74. The Morgan fingerprint density at radius 1 is 1.27 bits per heavy atom. The van der Waals surface area contributed by atoms with E-state index in [9.17, 15) is 4.79 Å². The van der Waals surface area contributed by atoms with Crippen molar-refractivity contribution in [2.45, 2.75) is 46.5 Å². The molecule has 0 aliphatic rings. The molecule has 0 fully saturated rings. The largest absolute Gasteiger partial charge is 0.295 e. The predicted molar refractivity (Wildman–Crippen MR) is 64.4 cm³/mol. The van der Waals surface area contributed by atoms with Gasteiger partial charge in [0.1, 0.15) is 0 Å². The molecule has 1 aromatic rings. The lowest BCUT2D eigenvalue weighted by Crippen LogP contribution is -1.98. The number of aryl methyl sites for hydroxylation is 2. The normalized spacial score (nSPS) is 10.3. The first kappa shape index (κ1) is 12.0. The van der Waals surface area contributed by atoms with E-state index in [0.717, 1.165) is 17.5 Å². The van der Waals surface area contributed by atoms with Gasteiger partial charge in [-0.25, -0.2) is 0 Å². The van der Waals surface area contributed by atoms with Crippen molar-refractivity contribution in [3.8, 4) is 0 Å². The van der Waals surface area contributed by atoms with E-state index in [1.54, 1.807) is 6.92 Å². The first-order chi connectivity index (χ1) is 7.15. The molecule has 82 valence electrons. The molecule has 0 aromatic heterocycles. The minimum atomic E-state index is 0.171. The van der Waals surface area contributed by atoms with E-state index in [4.69, 9.17) is 0 Å². The zero-order valence-electron chi connectivity index (χ0n) is 9.97. The summed E-state index contributed by atoms with van der Waals surface area (Å²) in [5.41, 5.74) is 3.25. The molecule has 0 N–H and O–H groups in total. The highest BCUT2D eigenvalue weighted by molar-refractivity contribution is 5.95. The number of ketones is 1. The highest BCUT2D eigenvalue weighted by Crippen LogP contribution is 2.14. The second kappa shape index (κ2) is 5.69. The fourth-order valence-electron chi connectivity index (χ4n) is 1.78. The van der Waals surface area contributed by atoms with Crippen LogP contribution in [-0.4, -0.2) is 5.78 Å². The molecule has 0 saturated heterocycles. The molecule has 1 nitrogen and oxygen atoms in total. The van der Waals surface area contributed by atoms with Gasteiger partial charge in [-0.1, -0.05) is 31.9 Å². The maximum Gasteiger partial charge on any atom is 0.160 e. The van der Waals surface area contributed by atoms with Crippen LogP contribution in [0.25, 0.3) is 0 Å². The SMILES string of the molecule is CCCCCc1ccc(C)c(C(C)=O)c1. The fourth-order valence-corrected chi connectivity index (χ4v) is 1.78. The van der Waals surface area contributed by atoms with Crippen molar-refractivity contribution in [2.24, 2.45) is 0 Å². The smallest absolute Gasteiger partial charge is 0.160 e. The van der Waals surface area contributed by atoms with Crippen LogP contribution >= 0.6 is 0 Å². The summed E-state index contributed by atoms with van der Waals surface area (Å²) in [6, 6.07) is 6.24. The highest BCUT2D eigenvalue weighted by Gasteiger charge is 2.04. The Kier molecular flexibility index (Phi) is 4.54. The minimum absolute atomic E-state index is 0.171. The van der Waals surface area contributed by atoms with Gasteiger partial charge >= 0.3 is 0 Å². The summed E-state index contributed by atoms with van der Waals surface area (Å²) in [6.07, 6.45) is 4.82. The van der Waals surface area contributed by atoms with Gasteiger partial charge in [0.05, 0.1) is 0 Å². The van der Waals surface area contributed by atoms with E-state index in [2.05, 4.69) is 19.1 Å². The number of rotatable bonds is 5. The van der Waals surface area contributed by atoms with Gasteiger partial charge in [-0.2, -0.15) is 0 Å². The van der Waals surface area contributed by atoms with E-state index in [0.29, 0.717) is 0 Å². The third-order valence-corrected chi connectivity index (χ3v) is 2.75. The summed E-state index contributed by atoms with van der Waals surface area (Å²) in [5.74, 6) is 0.171. The molecule has 1 rings (SSSR count). The number of hydrogen-bond acceptors (Lipinski definition) is 1. The van der Waals surface area contributed by atoms with Gasteiger partial charge < -0.3 is 0 Å². The molecule has 0 atom stereocenters. The second-order valence-electron chi connectivity index (χ2n) is 4.16. The predicted octanol–water partition coefficient (Wildman–Crippen LogP) is 3.93. The van der Waals surface area contributed by atoms with Crippen LogP contribution in [0, 0.1) is 6.92 Å². The van der Waals surface area contributed by atoms with Crippen molar-refractivity contribution in [3.05, 3.63) is 34.9 Å². The first-order valence-electron chi connectivity index (χ1n) is 5.75. The van der Waals surface area contributed by atoms with E-state index in [-0.39, 0.29) is 5.78 Å². The van der Waals surface area contributed by atoms with Crippen molar-refractivity contribution in [2.75, 3.05) is 0 Å². The summed E-state index contributed by atoms with van der Waals surface area (Å²) in [4.78, 5) is 11.3. The van der Waals surface area contributed by atoms with E-state index in [1.165, 1.54) is 24.8 Å². The molecule has 15 heavy (non-hydrogen) atoms. The van der Waals surface area contributed by atoms with Crippen molar-refractivity contribution in [1.29, 1.82) is 0 Å². The zero-order chi connectivity index (χ0) is 11.3. The quantitative estimate of drug-likeness (QED) is 0.524. The molecule has 0 radical (unpaired) electrons. The van der Waals surface area contributed by atoms with Crippen molar-refractivity contribution >= 4 is 5.78 Å². The van der Waals surface area contributed by atoms with E-state index in [1.807, 2.05) is 13.0 Å². The molecule has 0 heterocycles. The van der Waals surface area contributed by atoms with Crippen LogP contribution in [-0.2, 0) is 6.42 Å². The van der Waals surface area contributed by atoms with Gasteiger partial charge in [0.15, 0.2) is 5.78 Å². The maximum absolute atomic E-state index is 11.3. The van der Waals surface area contributed by atoms with Crippen molar-refractivity contribution in [1.82, 2.24) is 0 Å². The molecule has 0 aliphatic heterocycles. The van der Waals surface area contributed by atoms with E-state index >= 15 is 0 Å². The zero-order valence-corrected chi connectivity index (χ0v) is 9.97. The molecule has 0 unspecified atom stereocenters. The number of hydrogen-bond donors (Lipinski definition) is 0. The number of carbonyl (C=O) groups is 1. The van der Waals surface area contributed by atoms with Crippen LogP contribution < -0.4 is 0 Å². The van der Waals surface area contributed by atoms with Crippen LogP contribution in [0.15, 0.2) is 18.2 Å². The lowest BCUT2D eigenvalue weighted by atomic mass is 9.99. The minimum Gasteiger partial charge on any atom is -0.295 e. The Hall–Kier alpha value is -1.11. The number of unbranched alkanes of at least 4 members (excludes halogenated alkanes) is 2. The topological polar surface area (TPSA) is 17.1 Å². The van der Waals surface area contributed by atoms with Crippen LogP contribution in [0.1, 0.15) is 54.6 Å². The van der Waals surface area contributed by atoms with Gasteiger partial charge in [-0.15, -0.1) is 0 Å². The Morgan fingerprint density at radius 3 is 2.60 bits per heavy atom. The third kappa shape index (κ3) is 3.50. The standard InChI is InChI=1S/C14H20O/c1-4-5-6-7-13-9-8-11(2)14(10-13)12(3)15/h8-10H,4-7H2,1-3H3. The lowest BCUT2D eigenvalue weighted by Gasteiger charge is -2.06. The van der Waals surface area contributed by atoms with Crippen molar-refractivity contribution < 1.29 is 4.79 Å². The number of Topliss-reactive ketones (excluding diaryl/α,β-unsaturated/α-hetero) is 1. The summed E-state index contributed by atoms with van der Waals surface area (Å²) >= 11 is 0. The summed E-state index contributed by atoms with van der Waals surface area (Å²) in [7, 11) is 0. The van der Waals surface area contributed by atoms with Crippen LogP contribution in [0.5, 0.6) is 0 Å². The van der Waals surface area contributed by atoms with Crippen LogP contribution in [0.2, 0.25) is 0 Å². The highest BCUT2D eigenvalue weighted by atomic mass is 16.1. The molecule has 0 amide bonds. The first-order valence-corrected chi connectivity index (χ1v) is 5.75. The van der Waals surface area contributed by atoms with Crippen molar-refractivity contribution in [3.63, 3.8) is 0 Å². The Bertz CT molecular complexity index is 339. The molecule has 1 heteroatoms. The molecule has 0 spiro atoms. The van der Waals surface area contributed by atoms with Crippen LogP contribution in [0.3, 0.4) is 0 Å². The average Bonchev–Trinajstić information content (AvgIpc) is 2.20. The maximum atomic E-state index is 11.3. The van der Waals surface area contributed by atoms with E-state index < -0.39 is 0 Å². The molecular weight excluding hydrogens is 184 g/mol. The monoisotopic (exact) mass is 204 g/mol. The molecule has 0 aliphatic carbocycles. The summed E-state index contributed by atoms with van der Waals surface area (Å²) < 4.78 is 0. The molecular formula is C14H20O. The van der Waals surface area contributed by atoms with Gasteiger partial charge in [-0.05, 0) is 43.9 Å². The summed E-state index contributed by atoms with van der Waals surface area (Å²) in [6.45, 7) is 5.83. The third-order valence-electron chi connectivity index (χ3n) is 2.75. The molecule has 0 bridgehead atoms. The Morgan fingerprint density at radius 2 is 2.00 bits per heavy atom. The average molecular weight is 204 g/mol. The van der Waals surface area contributed by atoms with Gasteiger partial charge in [0, 0.05) is 5.56 Å². The number of benzene rings is 1. The number of carbonyl (C=O) groups excluding carboxylic acids is 1. The van der Waals surface area contributed by atoms with Gasteiger partial charge in [0.2, 0.25) is 0 Å². The molecule has 0 saturated carbocycles.